The van der Waals surface area contributed by atoms with Crippen LogP contribution in [0.2, 0.25) is 0 Å². The van der Waals surface area contributed by atoms with E-state index < -0.39 is 5.97 Å². The van der Waals surface area contributed by atoms with Crippen molar-refractivity contribution >= 4 is 9.04 Å². The van der Waals surface area contributed by atoms with Gasteiger partial charge < -0.3 is 5.48 Å². The van der Waals surface area contributed by atoms with Crippen molar-refractivity contribution in [1.29, 1.82) is 0 Å². The normalized spacial score (nSPS) is 8.55. The summed E-state index contributed by atoms with van der Waals surface area (Å²) in [6.07, 6.45) is 0. The molecule has 0 saturated carbocycles. The van der Waals surface area contributed by atoms with Crippen LogP contribution in [0.3, 0.4) is 0 Å². The number of carboxylic acid groups (broad SMARTS) is 1. The fraction of sp³-hybridized carbons (Fsp3) is 0. The van der Waals surface area contributed by atoms with Crippen LogP contribution in [0.15, 0.2) is 24.3 Å². The molecule has 1 aromatic carbocycles. The van der Waals surface area contributed by atoms with Crippen molar-refractivity contribution < 1.29 is 41.5 Å². The third-order valence-electron chi connectivity index (χ3n) is 1.25. The van der Waals surface area contributed by atoms with Gasteiger partial charge in [-0.1, -0.05) is 0 Å². The van der Waals surface area contributed by atoms with Crippen molar-refractivity contribution in [3.63, 3.8) is 0 Å². The Morgan fingerprint density at radius 3 is 2.27 bits per heavy atom. The van der Waals surface area contributed by atoms with E-state index in [4.69, 9.17) is 5.11 Å². The molecule has 1 rings (SSSR count). The van der Waals surface area contributed by atoms with Gasteiger partial charge in [-0.3, -0.25) is 0 Å². The molecule has 3 N–H and O–H groups in total. The Bertz CT molecular complexity index is 260. The van der Waals surface area contributed by atoms with E-state index in [0.717, 1.165) is 3.07 Å². The molecule has 0 saturated heterocycles. The minimum absolute atomic E-state index is 0. The average molecular weight is 340 g/mol. The fourth-order valence-electron chi connectivity index (χ4n) is 0.729. The number of aromatic carboxylic acids is 1. The Balaban J connectivity index is 0.000001000. The molecule has 0 spiro atoms. The molecule has 0 heterocycles. The summed E-state index contributed by atoms with van der Waals surface area (Å²) < 4.78 is 0.995. The molecule has 0 aliphatic rings. The van der Waals surface area contributed by atoms with E-state index in [0.29, 0.717) is 31.7 Å². The van der Waals surface area contributed by atoms with Crippen molar-refractivity contribution in [1.82, 2.24) is 0 Å². The Morgan fingerprint density at radius 2 is 1.91 bits per heavy atom. The molecular weight excluding hydrogens is 333 g/mol. The molecule has 55 valence electrons. The van der Waals surface area contributed by atoms with Crippen molar-refractivity contribution in [3.05, 3.63) is 29.8 Å². The molecule has 0 radical (unpaired) electrons. The molecular formula is C7H7HgO3. The maximum absolute atomic E-state index is 10.5. The standard InChI is InChI=1S/C7H5O2.Hg.H2O/c8-7(9)6-4-2-1-3-5-6;;/h1-4H,(H,8,9);;1H2. The van der Waals surface area contributed by atoms with Crippen LogP contribution >= 0.6 is 0 Å². The predicted molar refractivity (Wildman–Crippen MR) is 36.6 cm³/mol. The van der Waals surface area contributed by atoms with E-state index in [1.165, 1.54) is 0 Å². The van der Waals surface area contributed by atoms with Crippen molar-refractivity contribution in [2.24, 2.45) is 0 Å². The van der Waals surface area contributed by atoms with Gasteiger partial charge in [-0.2, -0.15) is 0 Å². The first kappa shape index (κ1) is 10.6. The summed E-state index contributed by atoms with van der Waals surface area (Å²) in [6.45, 7) is 0. The van der Waals surface area contributed by atoms with Crippen LogP contribution in [-0.2, 0) is 26.1 Å². The number of hydrogen-bond acceptors (Lipinski definition) is 1. The van der Waals surface area contributed by atoms with Gasteiger partial charge in [-0.15, -0.1) is 0 Å². The average Bonchev–Trinajstić information content (AvgIpc) is 1.88. The number of carbonyl (C=O) groups is 1. The van der Waals surface area contributed by atoms with Crippen molar-refractivity contribution in [2.75, 3.05) is 0 Å². The quantitative estimate of drug-likeness (QED) is 0.716. The second-order valence-electron chi connectivity index (χ2n) is 1.96. The third-order valence-corrected chi connectivity index (χ3v) is 3.64. The van der Waals surface area contributed by atoms with Gasteiger partial charge in [0.05, 0.1) is 0 Å². The van der Waals surface area contributed by atoms with E-state index in [9.17, 15) is 4.79 Å². The summed E-state index contributed by atoms with van der Waals surface area (Å²) in [7, 11) is 0. The van der Waals surface area contributed by atoms with E-state index in [1.807, 2.05) is 12.1 Å². The van der Waals surface area contributed by atoms with Crippen LogP contribution in [0.5, 0.6) is 0 Å². The second kappa shape index (κ2) is 4.46. The zero-order valence-electron chi connectivity index (χ0n) is 5.87. The monoisotopic (exact) mass is 341 g/mol. The molecule has 4 heteroatoms. The van der Waals surface area contributed by atoms with Crippen molar-refractivity contribution in [3.8, 4) is 0 Å². The van der Waals surface area contributed by atoms with Gasteiger partial charge in [0.25, 0.3) is 0 Å². The van der Waals surface area contributed by atoms with E-state index >= 15 is 0 Å². The SMILES string of the molecule is O.O=C(O)c1cccc[c]1[Hg]. The molecule has 0 amide bonds. The number of carboxylic acids is 1. The van der Waals surface area contributed by atoms with Gasteiger partial charge in [0, 0.05) is 0 Å². The molecule has 0 aliphatic carbocycles. The Hall–Kier alpha value is -0.415. The van der Waals surface area contributed by atoms with Gasteiger partial charge in [-0.05, 0) is 0 Å². The molecule has 11 heavy (non-hydrogen) atoms. The summed E-state index contributed by atoms with van der Waals surface area (Å²) in [4.78, 5) is 10.5. The summed E-state index contributed by atoms with van der Waals surface area (Å²) in [5.41, 5.74) is 0.464. The molecule has 0 unspecified atom stereocenters. The van der Waals surface area contributed by atoms with Gasteiger partial charge in [-0.25, -0.2) is 0 Å². The molecule has 0 atom stereocenters. The second-order valence-corrected chi connectivity index (χ2v) is 4.92. The van der Waals surface area contributed by atoms with Crippen LogP contribution in [-0.4, -0.2) is 16.6 Å². The summed E-state index contributed by atoms with van der Waals surface area (Å²) in [6, 6.07) is 7.13. The van der Waals surface area contributed by atoms with Crippen molar-refractivity contribution in [2.45, 2.75) is 0 Å². The van der Waals surface area contributed by atoms with Crippen LogP contribution < -0.4 is 3.07 Å². The first-order valence-corrected chi connectivity index (χ1v) is 5.61. The summed E-state index contributed by atoms with van der Waals surface area (Å²) >= 11 is 0.397. The van der Waals surface area contributed by atoms with Crippen LogP contribution in [0.25, 0.3) is 0 Å². The third kappa shape index (κ3) is 2.59. The van der Waals surface area contributed by atoms with E-state index in [1.54, 1.807) is 12.1 Å². The Labute approximate surface area is 80.3 Å². The van der Waals surface area contributed by atoms with Gasteiger partial charge in [0.1, 0.15) is 0 Å². The fourth-order valence-corrected chi connectivity index (χ4v) is 2.30. The van der Waals surface area contributed by atoms with E-state index in [2.05, 4.69) is 0 Å². The van der Waals surface area contributed by atoms with Crippen LogP contribution in [0, 0.1) is 0 Å². The van der Waals surface area contributed by atoms with Crippen LogP contribution in [0.1, 0.15) is 10.4 Å². The molecule has 0 fully saturated rings. The number of benzene rings is 1. The molecule has 3 nitrogen and oxygen atoms in total. The van der Waals surface area contributed by atoms with Gasteiger partial charge in [0.15, 0.2) is 0 Å². The zero-order chi connectivity index (χ0) is 7.56. The van der Waals surface area contributed by atoms with E-state index in [-0.39, 0.29) is 5.48 Å². The zero-order valence-corrected chi connectivity index (χ0v) is 11.4. The van der Waals surface area contributed by atoms with Crippen LogP contribution in [0.4, 0.5) is 0 Å². The Morgan fingerprint density at radius 1 is 1.36 bits per heavy atom. The summed E-state index contributed by atoms with van der Waals surface area (Å²) in [5, 5.41) is 8.60. The Kier molecular flexibility index (Phi) is 4.29. The number of rotatable bonds is 1. The molecule has 1 aromatic rings. The predicted octanol–water partition coefficient (Wildman–Crippen LogP) is -0.268. The molecule has 0 bridgehead atoms. The first-order valence-electron chi connectivity index (χ1n) is 2.86. The molecule has 0 aliphatic heterocycles. The summed E-state index contributed by atoms with van der Waals surface area (Å²) in [5.74, 6) is -0.814. The van der Waals surface area contributed by atoms with Gasteiger partial charge in [0.2, 0.25) is 0 Å². The topological polar surface area (TPSA) is 68.8 Å². The minimum atomic E-state index is -0.814. The number of hydrogen-bond donors (Lipinski definition) is 1. The van der Waals surface area contributed by atoms with Gasteiger partial charge >= 0.3 is 74.9 Å². The molecule has 0 aromatic heterocycles. The first-order chi connectivity index (χ1) is 4.72. The maximum atomic E-state index is 10.5.